The molecule has 1 aromatic heterocycles. The lowest BCUT2D eigenvalue weighted by Crippen LogP contribution is -2.12. The fourth-order valence-corrected chi connectivity index (χ4v) is 3.53. The maximum Gasteiger partial charge on any atom is 0.339 e. The van der Waals surface area contributed by atoms with E-state index in [1.54, 1.807) is 25.1 Å². The SMILES string of the molecule is Cc1ccc(S(=O)(=O)Nc2ccc3oc(C)c(C(=O)O)c3c2)cc1. The Morgan fingerprint density at radius 2 is 1.75 bits per heavy atom. The Morgan fingerprint density at radius 1 is 1.08 bits per heavy atom. The number of carboxylic acid groups (broad SMARTS) is 1. The van der Waals surface area contributed by atoms with Gasteiger partial charge in [0.25, 0.3) is 10.0 Å². The Kier molecular flexibility index (Phi) is 3.81. The highest BCUT2D eigenvalue weighted by atomic mass is 32.2. The summed E-state index contributed by atoms with van der Waals surface area (Å²) in [5, 5.41) is 9.63. The monoisotopic (exact) mass is 345 g/mol. The van der Waals surface area contributed by atoms with Crippen molar-refractivity contribution in [2.45, 2.75) is 18.7 Å². The molecule has 124 valence electrons. The average Bonchev–Trinajstić information content (AvgIpc) is 2.82. The molecule has 0 bridgehead atoms. The second kappa shape index (κ2) is 5.68. The molecule has 0 saturated heterocycles. The number of anilines is 1. The second-order valence-electron chi connectivity index (χ2n) is 5.47. The predicted octanol–water partition coefficient (Wildman–Crippen LogP) is 3.55. The van der Waals surface area contributed by atoms with E-state index < -0.39 is 16.0 Å². The molecule has 0 unspecified atom stereocenters. The van der Waals surface area contributed by atoms with Gasteiger partial charge in [-0.05, 0) is 44.2 Å². The molecule has 3 aromatic rings. The summed E-state index contributed by atoms with van der Waals surface area (Å²) in [5.41, 5.74) is 1.64. The summed E-state index contributed by atoms with van der Waals surface area (Å²) in [6.07, 6.45) is 0. The maximum atomic E-state index is 12.4. The molecule has 1 heterocycles. The highest BCUT2D eigenvalue weighted by Gasteiger charge is 2.19. The van der Waals surface area contributed by atoms with E-state index in [1.165, 1.54) is 24.3 Å². The lowest BCUT2D eigenvalue weighted by atomic mass is 10.1. The van der Waals surface area contributed by atoms with Crippen molar-refractivity contribution in [2.24, 2.45) is 0 Å². The van der Waals surface area contributed by atoms with Crippen LogP contribution in [-0.4, -0.2) is 19.5 Å². The number of nitrogens with one attached hydrogen (secondary N) is 1. The molecular weight excluding hydrogens is 330 g/mol. The molecule has 2 N–H and O–H groups in total. The normalized spacial score (nSPS) is 11.6. The van der Waals surface area contributed by atoms with Crippen molar-refractivity contribution in [3.63, 3.8) is 0 Å². The van der Waals surface area contributed by atoms with Gasteiger partial charge in [0.1, 0.15) is 16.9 Å². The van der Waals surface area contributed by atoms with Gasteiger partial charge in [0.2, 0.25) is 0 Å². The highest BCUT2D eigenvalue weighted by molar-refractivity contribution is 7.92. The summed E-state index contributed by atoms with van der Waals surface area (Å²) < 4.78 is 32.7. The lowest BCUT2D eigenvalue weighted by molar-refractivity contribution is 0.0697. The smallest absolute Gasteiger partial charge is 0.339 e. The van der Waals surface area contributed by atoms with Crippen molar-refractivity contribution >= 4 is 32.6 Å². The summed E-state index contributed by atoms with van der Waals surface area (Å²) in [5.74, 6) is -0.846. The first-order valence-electron chi connectivity index (χ1n) is 7.14. The van der Waals surface area contributed by atoms with Crippen LogP contribution in [0.25, 0.3) is 11.0 Å². The van der Waals surface area contributed by atoms with Gasteiger partial charge in [-0.25, -0.2) is 13.2 Å². The van der Waals surface area contributed by atoms with Gasteiger partial charge in [-0.3, -0.25) is 4.72 Å². The molecule has 0 aliphatic rings. The first-order chi connectivity index (χ1) is 11.3. The molecule has 7 heteroatoms. The Hall–Kier alpha value is -2.80. The molecule has 0 amide bonds. The molecule has 0 spiro atoms. The third-order valence-electron chi connectivity index (χ3n) is 3.66. The van der Waals surface area contributed by atoms with E-state index in [9.17, 15) is 18.3 Å². The van der Waals surface area contributed by atoms with Crippen molar-refractivity contribution in [3.05, 3.63) is 59.4 Å². The van der Waals surface area contributed by atoms with E-state index in [0.717, 1.165) is 5.56 Å². The second-order valence-corrected chi connectivity index (χ2v) is 7.15. The maximum absolute atomic E-state index is 12.4. The van der Waals surface area contributed by atoms with Gasteiger partial charge in [-0.2, -0.15) is 0 Å². The van der Waals surface area contributed by atoms with Crippen LogP contribution in [0.1, 0.15) is 21.7 Å². The summed E-state index contributed by atoms with van der Waals surface area (Å²) >= 11 is 0. The van der Waals surface area contributed by atoms with Crippen LogP contribution in [-0.2, 0) is 10.0 Å². The molecular formula is C17H15NO5S. The zero-order valence-electron chi connectivity index (χ0n) is 13.0. The highest BCUT2D eigenvalue weighted by Crippen LogP contribution is 2.29. The molecule has 0 fully saturated rings. The van der Waals surface area contributed by atoms with Crippen LogP contribution in [0.2, 0.25) is 0 Å². The topological polar surface area (TPSA) is 96.6 Å². The van der Waals surface area contributed by atoms with Crippen LogP contribution >= 0.6 is 0 Å². The van der Waals surface area contributed by atoms with Crippen molar-refractivity contribution < 1.29 is 22.7 Å². The van der Waals surface area contributed by atoms with E-state index >= 15 is 0 Å². The summed E-state index contributed by atoms with van der Waals surface area (Å²) in [6, 6.07) is 11.0. The van der Waals surface area contributed by atoms with E-state index in [0.29, 0.717) is 11.0 Å². The summed E-state index contributed by atoms with van der Waals surface area (Å²) in [4.78, 5) is 11.5. The average molecular weight is 345 g/mol. The first-order valence-corrected chi connectivity index (χ1v) is 8.62. The van der Waals surface area contributed by atoms with Crippen LogP contribution in [0.3, 0.4) is 0 Å². The number of carbonyl (C=O) groups is 1. The van der Waals surface area contributed by atoms with E-state index in [-0.39, 0.29) is 21.9 Å². The fraction of sp³-hybridized carbons (Fsp3) is 0.118. The number of carboxylic acids is 1. The number of fused-ring (bicyclic) bond motifs is 1. The number of benzene rings is 2. The van der Waals surface area contributed by atoms with E-state index in [2.05, 4.69) is 4.72 Å². The van der Waals surface area contributed by atoms with Crippen LogP contribution < -0.4 is 4.72 Å². The molecule has 0 radical (unpaired) electrons. The molecule has 0 atom stereocenters. The Balaban J connectivity index is 2.02. The minimum absolute atomic E-state index is 0.0291. The Morgan fingerprint density at radius 3 is 2.38 bits per heavy atom. The molecule has 24 heavy (non-hydrogen) atoms. The minimum Gasteiger partial charge on any atom is -0.478 e. The van der Waals surface area contributed by atoms with E-state index in [4.69, 9.17) is 4.42 Å². The van der Waals surface area contributed by atoms with E-state index in [1.807, 2.05) is 6.92 Å². The van der Waals surface area contributed by atoms with Crippen molar-refractivity contribution in [1.82, 2.24) is 0 Å². The molecule has 0 aliphatic heterocycles. The van der Waals surface area contributed by atoms with Crippen LogP contribution in [0.15, 0.2) is 51.8 Å². The van der Waals surface area contributed by atoms with Gasteiger partial charge in [0.05, 0.1) is 4.90 Å². The number of hydrogen-bond acceptors (Lipinski definition) is 4. The number of aromatic carboxylic acids is 1. The first kappa shape index (κ1) is 16.1. The largest absolute Gasteiger partial charge is 0.478 e. The third-order valence-corrected chi connectivity index (χ3v) is 5.06. The molecule has 3 rings (SSSR count). The molecule has 0 aliphatic carbocycles. The Bertz CT molecular complexity index is 1030. The molecule has 2 aromatic carbocycles. The van der Waals surface area contributed by atoms with Gasteiger partial charge in [0.15, 0.2) is 0 Å². The van der Waals surface area contributed by atoms with Gasteiger partial charge in [0, 0.05) is 11.1 Å². The van der Waals surface area contributed by atoms with Gasteiger partial charge >= 0.3 is 5.97 Å². The number of hydrogen-bond donors (Lipinski definition) is 2. The standard InChI is InChI=1S/C17H15NO5S/c1-10-3-6-13(7-4-10)24(21,22)18-12-5-8-15-14(9-12)16(17(19)20)11(2)23-15/h3-9,18H,1-2H3,(H,19,20). The number of furan rings is 1. The van der Waals surface area contributed by atoms with Crippen LogP contribution in [0, 0.1) is 13.8 Å². The zero-order valence-corrected chi connectivity index (χ0v) is 13.8. The Labute approximate surface area is 138 Å². The summed E-state index contributed by atoms with van der Waals surface area (Å²) in [7, 11) is -3.75. The number of aryl methyl sites for hydroxylation is 2. The van der Waals surface area contributed by atoms with Crippen molar-refractivity contribution in [1.29, 1.82) is 0 Å². The summed E-state index contributed by atoms with van der Waals surface area (Å²) in [6.45, 7) is 3.42. The van der Waals surface area contributed by atoms with Gasteiger partial charge < -0.3 is 9.52 Å². The quantitative estimate of drug-likeness (QED) is 0.754. The number of rotatable bonds is 4. The van der Waals surface area contributed by atoms with Crippen molar-refractivity contribution in [2.75, 3.05) is 4.72 Å². The zero-order chi connectivity index (χ0) is 17.5. The predicted molar refractivity (Wildman–Crippen MR) is 89.9 cm³/mol. The third kappa shape index (κ3) is 2.85. The number of sulfonamides is 1. The fourth-order valence-electron chi connectivity index (χ4n) is 2.48. The molecule has 0 saturated carbocycles. The van der Waals surface area contributed by atoms with Crippen LogP contribution in [0.5, 0.6) is 0 Å². The van der Waals surface area contributed by atoms with Crippen molar-refractivity contribution in [3.8, 4) is 0 Å². The minimum atomic E-state index is -3.75. The lowest BCUT2D eigenvalue weighted by Gasteiger charge is -2.08. The van der Waals surface area contributed by atoms with Crippen LogP contribution in [0.4, 0.5) is 5.69 Å². The van der Waals surface area contributed by atoms with Gasteiger partial charge in [-0.15, -0.1) is 0 Å². The molecule has 6 nitrogen and oxygen atoms in total. The van der Waals surface area contributed by atoms with Gasteiger partial charge in [-0.1, -0.05) is 17.7 Å².